The first-order valence-corrected chi connectivity index (χ1v) is 7.51. The average Bonchev–Trinajstić information content (AvgIpc) is 2.57. The zero-order chi connectivity index (χ0) is 13.3. The standard InChI is InChI=1S/C12H15N3O2S/c1-9-11(8-18(2,16)17)14-15(12(9)13)10-6-4-3-5-7-10/h3-7H,8,13H2,1-2H3. The molecule has 0 radical (unpaired) electrons. The lowest BCUT2D eigenvalue weighted by atomic mass is 10.3. The maximum Gasteiger partial charge on any atom is 0.153 e. The van der Waals surface area contributed by atoms with Gasteiger partial charge in [0.25, 0.3) is 0 Å². The van der Waals surface area contributed by atoms with Gasteiger partial charge in [0.1, 0.15) is 5.82 Å². The van der Waals surface area contributed by atoms with E-state index < -0.39 is 9.84 Å². The molecule has 0 spiro atoms. The van der Waals surface area contributed by atoms with Gasteiger partial charge >= 0.3 is 0 Å². The van der Waals surface area contributed by atoms with Crippen molar-refractivity contribution in [1.29, 1.82) is 0 Å². The number of nitrogens with zero attached hydrogens (tertiary/aromatic N) is 2. The van der Waals surface area contributed by atoms with Crippen LogP contribution in [-0.4, -0.2) is 24.5 Å². The van der Waals surface area contributed by atoms with Crippen LogP contribution in [0.15, 0.2) is 30.3 Å². The second-order valence-electron chi connectivity index (χ2n) is 4.27. The van der Waals surface area contributed by atoms with E-state index in [1.54, 1.807) is 11.6 Å². The van der Waals surface area contributed by atoms with Crippen LogP contribution < -0.4 is 5.73 Å². The molecule has 1 aromatic carbocycles. The number of benzene rings is 1. The molecule has 0 atom stereocenters. The second-order valence-corrected chi connectivity index (χ2v) is 6.41. The van der Waals surface area contributed by atoms with E-state index >= 15 is 0 Å². The van der Waals surface area contributed by atoms with Gasteiger partial charge in [-0.2, -0.15) is 5.10 Å². The van der Waals surface area contributed by atoms with E-state index in [1.807, 2.05) is 30.3 Å². The number of aromatic nitrogens is 2. The summed E-state index contributed by atoms with van der Waals surface area (Å²) in [6.07, 6.45) is 1.18. The van der Waals surface area contributed by atoms with Crippen molar-refractivity contribution in [2.75, 3.05) is 12.0 Å². The molecule has 5 nitrogen and oxygen atoms in total. The predicted octanol–water partition coefficient (Wildman–Crippen LogP) is 1.31. The zero-order valence-electron chi connectivity index (χ0n) is 10.3. The lowest BCUT2D eigenvalue weighted by Crippen LogP contribution is -2.04. The molecule has 0 fully saturated rings. The molecular formula is C12H15N3O2S. The van der Waals surface area contributed by atoms with Crippen molar-refractivity contribution in [2.45, 2.75) is 12.7 Å². The van der Waals surface area contributed by atoms with E-state index in [9.17, 15) is 8.42 Å². The molecule has 2 N–H and O–H groups in total. The van der Waals surface area contributed by atoms with Crippen molar-refractivity contribution >= 4 is 15.7 Å². The van der Waals surface area contributed by atoms with Crippen LogP contribution in [0.5, 0.6) is 0 Å². The van der Waals surface area contributed by atoms with Crippen molar-refractivity contribution in [3.05, 3.63) is 41.6 Å². The number of hydrogen-bond acceptors (Lipinski definition) is 4. The smallest absolute Gasteiger partial charge is 0.153 e. The molecule has 0 aliphatic heterocycles. The molecule has 0 bridgehead atoms. The molecule has 96 valence electrons. The lowest BCUT2D eigenvalue weighted by Gasteiger charge is -2.02. The first-order chi connectivity index (χ1) is 8.38. The Balaban J connectivity index is 2.50. The number of hydrogen-bond donors (Lipinski definition) is 1. The van der Waals surface area contributed by atoms with Gasteiger partial charge in [-0.05, 0) is 19.1 Å². The van der Waals surface area contributed by atoms with Crippen LogP contribution in [0, 0.1) is 6.92 Å². The predicted molar refractivity (Wildman–Crippen MR) is 71.3 cm³/mol. The molecule has 6 heteroatoms. The Morgan fingerprint density at radius 2 is 1.89 bits per heavy atom. The van der Waals surface area contributed by atoms with Crippen molar-refractivity contribution in [3.63, 3.8) is 0 Å². The number of rotatable bonds is 3. The number of para-hydroxylation sites is 1. The topological polar surface area (TPSA) is 78.0 Å². The van der Waals surface area contributed by atoms with Gasteiger partial charge in [0, 0.05) is 11.8 Å². The first-order valence-electron chi connectivity index (χ1n) is 5.45. The lowest BCUT2D eigenvalue weighted by molar-refractivity contribution is 0.600. The van der Waals surface area contributed by atoms with Crippen molar-refractivity contribution in [2.24, 2.45) is 0 Å². The van der Waals surface area contributed by atoms with Gasteiger partial charge in [0.05, 0.1) is 17.1 Å². The van der Waals surface area contributed by atoms with E-state index in [-0.39, 0.29) is 5.75 Å². The summed E-state index contributed by atoms with van der Waals surface area (Å²) < 4.78 is 24.2. The minimum absolute atomic E-state index is 0.0944. The van der Waals surface area contributed by atoms with Gasteiger partial charge in [0.15, 0.2) is 9.84 Å². The van der Waals surface area contributed by atoms with E-state index in [0.29, 0.717) is 17.1 Å². The number of nitrogens with two attached hydrogens (primary N) is 1. The molecule has 18 heavy (non-hydrogen) atoms. The van der Waals surface area contributed by atoms with Crippen LogP contribution in [0.1, 0.15) is 11.3 Å². The first kappa shape index (κ1) is 12.6. The third-order valence-corrected chi connectivity index (χ3v) is 3.46. The van der Waals surface area contributed by atoms with Crippen LogP contribution in [-0.2, 0) is 15.6 Å². The molecule has 0 aliphatic rings. The van der Waals surface area contributed by atoms with E-state index in [0.717, 1.165) is 5.69 Å². The summed E-state index contributed by atoms with van der Waals surface area (Å²) in [7, 11) is -3.12. The van der Waals surface area contributed by atoms with Crippen LogP contribution in [0.25, 0.3) is 5.69 Å². The Kier molecular flexibility index (Phi) is 3.13. The quantitative estimate of drug-likeness (QED) is 0.907. The zero-order valence-corrected chi connectivity index (χ0v) is 11.1. The minimum atomic E-state index is -3.12. The highest BCUT2D eigenvalue weighted by atomic mass is 32.2. The molecule has 0 unspecified atom stereocenters. The fraction of sp³-hybridized carbons (Fsp3) is 0.250. The SMILES string of the molecule is Cc1c(CS(C)(=O)=O)nn(-c2ccccc2)c1N. The third-order valence-electron chi connectivity index (χ3n) is 2.67. The Morgan fingerprint density at radius 3 is 2.44 bits per heavy atom. The van der Waals surface area contributed by atoms with Gasteiger partial charge < -0.3 is 5.73 Å². The summed E-state index contributed by atoms with van der Waals surface area (Å²) in [4.78, 5) is 0. The normalized spacial score (nSPS) is 11.7. The van der Waals surface area contributed by atoms with Crippen molar-refractivity contribution in [1.82, 2.24) is 9.78 Å². The molecule has 0 amide bonds. The Morgan fingerprint density at radius 1 is 1.28 bits per heavy atom. The largest absolute Gasteiger partial charge is 0.383 e. The van der Waals surface area contributed by atoms with Crippen LogP contribution >= 0.6 is 0 Å². The highest BCUT2D eigenvalue weighted by molar-refractivity contribution is 7.89. The van der Waals surface area contributed by atoms with Gasteiger partial charge in [-0.3, -0.25) is 0 Å². The Bertz CT molecular complexity index is 660. The molecular weight excluding hydrogens is 250 g/mol. The number of anilines is 1. The van der Waals surface area contributed by atoms with Gasteiger partial charge in [-0.25, -0.2) is 13.1 Å². The van der Waals surface area contributed by atoms with Crippen LogP contribution in [0.4, 0.5) is 5.82 Å². The highest BCUT2D eigenvalue weighted by Crippen LogP contribution is 2.21. The second kappa shape index (κ2) is 4.45. The van der Waals surface area contributed by atoms with Crippen molar-refractivity contribution < 1.29 is 8.42 Å². The molecule has 1 heterocycles. The molecule has 0 aliphatic carbocycles. The minimum Gasteiger partial charge on any atom is -0.383 e. The average molecular weight is 265 g/mol. The highest BCUT2D eigenvalue weighted by Gasteiger charge is 2.16. The molecule has 2 rings (SSSR count). The molecule has 2 aromatic rings. The van der Waals surface area contributed by atoms with E-state index in [2.05, 4.69) is 5.10 Å². The summed E-state index contributed by atoms with van der Waals surface area (Å²) in [5, 5.41) is 4.28. The van der Waals surface area contributed by atoms with Crippen molar-refractivity contribution in [3.8, 4) is 5.69 Å². The summed E-state index contributed by atoms with van der Waals surface area (Å²) in [6.45, 7) is 1.78. The maximum absolute atomic E-state index is 11.3. The maximum atomic E-state index is 11.3. The van der Waals surface area contributed by atoms with E-state index in [1.165, 1.54) is 6.26 Å². The Hall–Kier alpha value is -1.82. The fourth-order valence-electron chi connectivity index (χ4n) is 1.71. The van der Waals surface area contributed by atoms with Gasteiger partial charge in [0.2, 0.25) is 0 Å². The van der Waals surface area contributed by atoms with Crippen LogP contribution in [0.2, 0.25) is 0 Å². The van der Waals surface area contributed by atoms with Crippen LogP contribution in [0.3, 0.4) is 0 Å². The summed E-state index contributed by atoms with van der Waals surface area (Å²) in [5.41, 5.74) is 7.99. The number of sulfone groups is 1. The molecule has 0 saturated carbocycles. The summed E-state index contributed by atoms with van der Waals surface area (Å²) in [5.74, 6) is 0.378. The summed E-state index contributed by atoms with van der Waals surface area (Å²) in [6, 6.07) is 9.39. The van der Waals surface area contributed by atoms with Gasteiger partial charge in [-0.1, -0.05) is 18.2 Å². The molecule has 0 saturated heterocycles. The van der Waals surface area contributed by atoms with E-state index in [4.69, 9.17) is 5.73 Å². The fourth-order valence-corrected chi connectivity index (χ4v) is 2.48. The van der Waals surface area contributed by atoms with Gasteiger partial charge in [-0.15, -0.1) is 0 Å². The number of nitrogen functional groups attached to an aromatic ring is 1. The molecule has 1 aromatic heterocycles. The Labute approximate surface area is 106 Å². The summed E-state index contributed by atoms with van der Waals surface area (Å²) >= 11 is 0. The third kappa shape index (κ3) is 2.53. The monoisotopic (exact) mass is 265 g/mol.